The second kappa shape index (κ2) is 52.1. The molecule has 3 aliphatic heterocycles. The number of sulfonamides is 2. The van der Waals surface area contributed by atoms with Gasteiger partial charge in [0.2, 0.25) is 29.1 Å². The minimum Gasteiger partial charge on any atom is -1.00 e. The van der Waals surface area contributed by atoms with E-state index in [4.69, 9.17) is 14.2 Å². The Bertz CT molecular complexity index is 4110. The zero-order valence-corrected chi connectivity index (χ0v) is 80.1. The predicted octanol–water partition coefficient (Wildman–Crippen LogP) is 6.73. The molecule has 6 aromatic rings. The number of nitrogens with two attached hydrogens (primary N) is 1. The van der Waals surface area contributed by atoms with E-state index in [2.05, 4.69) is 115 Å². The third-order valence-corrected chi connectivity index (χ3v) is 21.1. The minimum absolute atomic E-state index is 0. The van der Waals surface area contributed by atoms with Gasteiger partial charge < -0.3 is 52.2 Å². The van der Waals surface area contributed by atoms with E-state index < -0.39 is 55.8 Å². The van der Waals surface area contributed by atoms with E-state index in [0.29, 0.717) is 77.4 Å². The molecule has 3 fully saturated rings. The molecule has 9 rings (SSSR count). The van der Waals surface area contributed by atoms with Crippen LogP contribution < -0.4 is 134 Å². The normalized spacial score (nSPS) is 18.2. The summed E-state index contributed by atoms with van der Waals surface area (Å²) in [5.41, 5.74) is 3.62. The molecule has 0 unspecified atom stereocenters. The number of hydrogen-bond acceptors (Lipinski definition) is 17. The molecular formula is C74H102Br3ClF3K2N9O16S4. The van der Waals surface area contributed by atoms with E-state index in [1.54, 1.807) is 46.2 Å². The van der Waals surface area contributed by atoms with Gasteiger partial charge in [0.05, 0.1) is 66.4 Å². The van der Waals surface area contributed by atoms with Crippen molar-refractivity contribution in [1.29, 1.82) is 0 Å². The molecule has 6 atom stereocenters. The predicted molar refractivity (Wildman–Crippen MR) is 431 cm³/mol. The summed E-state index contributed by atoms with van der Waals surface area (Å²) in [6.45, 7) is 17.9. The van der Waals surface area contributed by atoms with E-state index in [0.717, 1.165) is 71.8 Å². The largest absolute Gasteiger partial charge is 1.00 e. The van der Waals surface area contributed by atoms with Crippen molar-refractivity contribution in [2.45, 2.75) is 134 Å². The second-order valence-electron chi connectivity index (χ2n) is 26.1. The van der Waals surface area contributed by atoms with Crippen molar-refractivity contribution < 1.29 is 190 Å². The van der Waals surface area contributed by atoms with Gasteiger partial charge in [-0.15, -0.1) is 0 Å². The molecule has 0 saturated carbocycles. The molecule has 614 valence electrons. The number of aliphatic hydroxyl groups is 1. The average molecular weight is 1910 g/mol. The molecule has 38 heteroatoms. The minimum atomic E-state index is -3.53. The number of carbonyl (C=O) groups is 4. The summed E-state index contributed by atoms with van der Waals surface area (Å²) in [5.74, 6) is -0.999. The van der Waals surface area contributed by atoms with Gasteiger partial charge >= 0.3 is 121 Å². The number of nitrogens with zero attached hydrogens (tertiary/aromatic N) is 4. The first-order valence-electron chi connectivity index (χ1n) is 34.9. The fourth-order valence-electron chi connectivity index (χ4n) is 12.4. The van der Waals surface area contributed by atoms with Crippen molar-refractivity contribution in [3.63, 3.8) is 0 Å². The summed E-state index contributed by atoms with van der Waals surface area (Å²) in [5, 5.41) is 31.5. The van der Waals surface area contributed by atoms with Crippen LogP contribution in [0.1, 0.15) is 152 Å². The number of halogens is 7. The summed E-state index contributed by atoms with van der Waals surface area (Å²) >= 11 is 10.3. The molecule has 112 heavy (non-hydrogen) atoms. The Kier molecular flexibility index (Phi) is 49.8. The van der Waals surface area contributed by atoms with Crippen LogP contribution in [0.15, 0.2) is 159 Å². The van der Waals surface area contributed by atoms with Gasteiger partial charge in [-0.2, -0.15) is 8.42 Å². The summed E-state index contributed by atoms with van der Waals surface area (Å²) in [6.07, 6.45) is 9.06. The van der Waals surface area contributed by atoms with E-state index >= 15 is 0 Å². The van der Waals surface area contributed by atoms with Gasteiger partial charge in [-0.05, 0) is 204 Å². The number of aliphatic hydroxyl groups excluding tert-OH is 1. The van der Waals surface area contributed by atoms with Crippen LogP contribution >= 0.6 is 58.5 Å². The molecule has 6 amide bonds. The maximum atomic E-state index is 13.5. The van der Waals surface area contributed by atoms with Crippen LogP contribution in [0.5, 0.6) is 0 Å². The number of hydrogen-bond donors (Lipinski definition) is 6. The molecular weight excluding hydrogens is 1810 g/mol. The second-order valence-corrected chi connectivity index (χ2v) is 37.0. The Morgan fingerprint density at radius 2 is 0.812 bits per heavy atom. The summed E-state index contributed by atoms with van der Waals surface area (Å²) < 4.78 is 133. The Morgan fingerprint density at radius 1 is 0.554 bits per heavy atom. The zero-order chi connectivity index (χ0) is 82.8. The van der Waals surface area contributed by atoms with Crippen LogP contribution in [0.25, 0.3) is 0 Å². The third kappa shape index (κ3) is 39.7. The summed E-state index contributed by atoms with van der Waals surface area (Å²) in [6, 6.07) is 41.3. The van der Waals surface area contributed by atoms with Gasteiger partial charge in [0.1, 0.15) is 17.5 Å². The van der Waals surface area contributed by atoms with Gasteiger partial charge in [-0.3, -0.25) is 8.98 Å². The topological polar surface area (TPSA) is 354 Å². The Balaban J connectivity index is 0.00000146. The van der Waals surface area contributed by atoms with Crippen molar-refractivity contribution in [2.75, 3.05) is 84.1 Å². The van der Waals surface area contributed by atoms with Crippen LogP contribution in [0, 0.1) is 17.5 Å². The molecule has 6 aromatic carbocycles. The Morgan fingerprint density at radius 3 is 1.03 bits per heavy atom. The Hall–Kier alpha value is -3.05. The van der Waals surface area contributed by atoms with Gasteiger partial charge in [-0.25, -0.2) is 62.7 Å². The molecule has 25 nitrogen and oxygen atoms in total. The maximum Gasteiger partial charge on any atom is 1.00 e. The van der Waals surface area contributed by atoms with E-state index in [9.17, 15) is 66.3 Å². The molecule has 0 spiro atoms. The average Bonchev–Trinajstić information content (AvgIpc) is 0.785. The van der Waals surface area contributed by atoms with Crippen molar-refractivity contribution in [2.24, 2.45) is 5.14 Å². The van der Waals surface area contributed by atoms with Gasteiger partial charge in [-0.1, -0.05) is 141 Å². The van der Waals surface area contributed by atoms with Gasteiger partial charge in [0.25, 0.3) is 16.6 Å². The first-order chi connectivity index (χ1) is 51.4. The van der Waals surface area contributed by atoms with Gasteiger partial charge in [0, 0.05) is 56.9 Å². The first kappa shape index (κ1) is 107. The zero-order valence-electron chi connectivity index (χ0n) is 66.1. The number of benzene rings is 6. The van der Waals surface area contributed by atoms with Crippen LogP contribution in [-0.2, 0) is 69.7 Å². The molecule has 0 bridgehead atoms. The van der Waals surface area contributed by atoms with E-state index in [-0.39, 0.29) is 184 Å². The number of rotatable bonds is 26. The fourth-order valence-corrected chi connectivity index (χ4v) is 14.1. The molecule has 3 heterocycles. The molecule has 3 aliphatic rings. The van der Waals surface area contributed by atoms with Crippen LogP contribution in [0.2, 0.25) is 0 Å². The molecule has 0 aromatic heterocycles. The third-order valence-electron chi connectivity index (χ3n) is 18.1. The number of nitrogens with one attached hydrogen (secondary N) is 4. The monoisotopic (exact) mass is 1910 g/mol. The van der Waals surface area contributed by atoms with Crippen molar-refractivity contribution in [3.8, 4) is 0 Å². The van der Waals surface area contributed by atoms with Crippen LogP contribution in [0.3, 0.4) is 0 Å². The summed E-state index contributed by atoms with van der Waals surface area (Å²) in [7, 11) is -8.67. The van der Waals surface area contributed by atoms with Crippen molar-refractivity contribution in [1.82, 2.24) is 40.3 Å². The number of primary sulfonamides is 1. The first-order valence-corrected chi connectivity index (χ1v) is 45.7. The van der Waals surface area contributed by atoms with E-state index in [1.165, 1.54) is 56.0 Å². The van der Waals surface area contributed by atoms with Gasteiger partial charge in [0.15, 0.2) is 0 Å². The number of carbonyl (C=O) groups excluding carboxylic acids is 4. The Labute approximate surface area is 775 Å². The smallest absolute Gasteiger partial charge is 1.00 e. The summed E-state index contributed by atoms with van der Waals surface area (Å²) in [4.78, 5) is 58.3. The standard InChI is InChI=1S/C22H27BrFN3O3S.C22H26BrFN2O4S.C21H24BrFN2O2.C6H15N.CH3ClO2S.CH5NO2S.CH2O3.2K.H/c1-16(17-4-8-19(23)9-5-17)27-15-13-22(26-21(27)28,12-3-14-25-31(2,29)30)18-6-10-20(24)11-7-18;1-16(17-4-8-19(23)9-5-17)26-14-13-22(25-21(26)27,12-3-15-30-31(2,28)29)18-6-10-20(24)11-7-18;1-15(16-3-7-18(22)8-4-16)25-13-12-21(11-2-14-26,24-20(25)27)17-5-9-19(23)10-6-17;1-4-7(5-2)6-3;2*1-5(2,3)4;2-1-4-3;;;/h4-11,16,25H,3,12-15H2,1-2H3,(H,26,28);4-11,16H,3,12-15H2,1-2H3,(H,25,27);3-10,15,26H,2,11-14H2,1H3,(H,24,27);4-6H2,1-3H3;1H3;1H3,(H2,2,3,4);1,3H;;;/q;;;;;;;2*+1;-1/p-1/t2*16-,22+;15-,21+;;;;;;;/m000......./s1. The van der Waals surface area contributed by atoms with Crippen LogP contribution in [-0.4, -0.2) is 167 Å². The fraction of sp³-hybridized carbons (Fsp3) is 0.459. The van der Waals surface area contributed by atoms with E-state index in [1.807, 2.05) is 98.5 Å². The number of amides is 6. The molecule has 3 saturated heterocycles. The maximum absolute atomic E-state index is 13.5. The van der Waals surface area contributed by atoms with Crippen molar-refractivity contribution in [3.05, 3.63) is 210 Å². The van der Waals surface area contributed by atoms with Crippen molar-refractivity contribution >= 4 is 122 Å². The SMILES string of the molecule is CCN(CC)CC.CS(=O)(=O)Cl.CS(N)(=O)=O.C[C@@H](c1ccc(Br)cc1)N1CC[C@](CCCNS(C)(=O)=O)(c2ccc(F)cc2)NC1=O.C[C@@H](c1ccc(Br)cc1)N1CC[C@](CCCO)(c2ccc(F)cc2)NC1=O.C[C@@H](c1ccc(Br)cc1)N1CC[C@](CCCOS(C)(=O)=O)(c2ccc(F)cc2)NC1=O.O=CO[O-].[H-].[K+].[K+]. The molecule has 7 N–H and O–H groups in total. The quantitative estimate of drug-likeness (QED) is 0.00623. The van der Waals surface area contributed by atoms with Crippen LogP contribution in [0.4, 0.5) is 27.6 Å². The number of urea groups is 3. The molecule has 0 radical (unpaired) electrons. The molecule has 0 aliphatic carbocycles.